The van der Waals surface area contributed by atoms with Gasteiger partial charge in [0, 0.05) is 11.8 Å². The van der Waals surface area contributed by atoms with E-state index in [2.05, 4.69) is 4.98 Å². The minimum atomic E-state index is -0.306. The first-order valence-electron chi connectivity index (χ1n) is 8.60. The van der Waals surface area contributed by atoms with E-state index in [0.29, 0.717) is 24.8 Å². The summed E-state index contributed by atoms with van der Waals surface area (Å²) in [6.07, 6.45) is 4.08. The normalized spacial score (nSPS) is 21.9. The second-order valence-electron chi connectivity index (χ2n) is 6.44. The molecule has 0 spiro atoms. The predicted molar refractivity (Wildman–Crippen MR) is 98.7 cm³/mol. The minimum absolute atomic E-state index is 0.0618. The molecule has 4 rings (SSSR count). The maximum atomic E-state index is 12.7. The number of pyridine rings is 1. The fourth-order valence-corrected chi connectivity index (χ4v) is 3.74. The number of nitrogens with zero attached hydrogens (tertiary/aromatic N) is 2. The number of ether oxygens (including phenoxy) is 2. The van der Waals surface area contributed by atoms with Gasteiger partial charge >= 0.3 is 6.09 Å². The van der Waals surface area contributed by atoms with Gasteiger partial charge < -0.3 is 9.47 Å². The smallest absolute Gasteiger partial charge is 0.411 e. The number of hydrogen-bond acceptors (Lipinski definition) is 4. The first kappa shape index (κ1) is 17.1. The summed E-state index contributed by atoms with van der Waals surface area (Å²) in [6.45, 7) is 1.21. The Morgan fingerprint density at radius 1 is 1.23 bits per heavy atom. The third kappa shape index (κ3) is 3.45. The molecule has 26 heavy (non-hydrogen) atoms. The molecule has 0 saturated carbocycles. The van der Waals surface area contributed by atoms with Gasteiger partial charge in [-0.15, -0.1) is 0 Å². The Bertz CT molecular complexity index is 825. The molecule has 1 saturated heterocycles. The summed E-state index contributed by atoms with van der Waals surface area (Å²) in [7, 11) is 0. The van der Waals surface area contributed by atoms with Crippen molar-refractivity contribution in [1.29, 1.82) is 0 Å². The molecule has 2 bridgehead atoms. The molecule has 1 amide bonds. The number of halogens is 1. The van der Waals surface area contributed by atoms with E-state index < -0.39 is 0 Å². The van der Waals surface area contributed by atoms with Gasteiger partial charge in [-0.05, 0) is 23.6 Å². The van der Waals surface area contributed by atoms with Crippen molar-refractivity contribution in [2.45, 2.75) is 25.1 Å². The lowest BCUT2D eigenvalue weighted by molar-refractivity contribution is -0.0342. The lowest BCUT2D eigenvalue weighted by Crippen LogP contribution is -2.56. The van der Waals surface area contributed by atoms with Crippen LogP contribution < -0.4 is 0 Å². The van der Waals surface area contributed by atoms with Gasteiger partial charge in [0.05, 0.1) is 25.3 Å². The van der Waals surface area contributed by atoms with Crippen molar-refractivity contribution in [3.8, 4) is 0 Å². The molecule has 0 aliphatic carbocycles. The van der Waals surface area contributed by atoms with E-state index in [1.54, 1.807) is 11.1 Å². The van der Waals surface area contributed by atoms with E-state index in [0.717, 1.165) is 16.7 Å². The maximum absolute atomic E-state index is 12.7. The van der Waals surface area contributed by atoms with Crippen LogP contribution in [-0.4, -0.2) is 41.3 Å². The van der Waals surface area contributed by atoms with Gasteiger partial charge in [0.15, 0.2) is 0 Å². The molecule has 2 atom stereocenters. The summed E-state index contributed by atoms with van der Waals surface area (Å²) in [4.78, 5) is 18.6. The van der Waals surface area contributed by atoms with Gasteiger partial charge in [-0.3, -0.25) is 4.90 Å². The number of aromatic nitrogens is 1. The monoisotopic (exact) mass is 370 g/mol. The maximum Gasteiger partial charge on any atom is 0.411 e. The highest BCUT2D eigenvalue weighted by molar-refractivity contribution is 6.31. The molecular formula is C20H19ClN2O3. The summed E-state index contributed by atoms with van der Waals surface area (Å²) in [5.74, 6) is 0. The van der Waals surface area contributed by atoms with Crippen LogP contribution in [0.15, 0.2) is 54.7 Å². The third-order valence-corrected chi connectivity index (χ3v) is 5.02. The van der Waals surface area contributed by atoms with Crippen LogP contribution in [0.3, 0.4) is 0 Å². The quantitative estimate of drug-likeness (QED) is 0.768. The number of fused-ring (bicyclic) bond motifs is 2. The van der Waals surface area contributed by atoms with Crippen LogP contribution in [-0.2, 0) is 16.1 Å². The fourth-order valence-electron chi connectivity index (χ4n) is 3.50. The molecule has 0 N–H and O–H groups in total. The highest BCUT2D eigenvalue weighted by Crippen LogP contribution is 2.35. The Morgan fingerprint density at radius 3 is 2.85 bits per heavy atom. The Kier molecular flexibility index (Phi) is 4.91. The predicted octanol–water partition coefficient (Wildman–Crippen LogP) is 3.93. The molecule has 2 aromatic rings. The average Bonchev–Trinajstić information content (AvgIpc) is 2.66. The molecule has 2 aliphatic heterocycles. The van der Waals surface area contributed by atoms with Gasteiger partial charge in [-0.2, -0.15) is 0 Å². The average molecular weight is 371 g/mol. The SMILES string of the molecule is O=C(OCc1ccccc1)N1C2C=C(c3cccnc3Cl)CC1COC2. The third-order valence-electron chi connectivity index (χ3n) is 4.72. The van der Waals surface area contributed by atoms with Crippen molar-refractivity contribution in [2.24, 2.45) is 0 Å². The zero-order valence-corrected chi connectivity index (χ0v) is 14.9. The molecule has 1 aromatic heterocycles. The van der Waals surface area contributed by atoms with Crippen LogP contribution in [0.25, 0.3) is 5.57 Å². The van der Waals surface area contributed by atoms with Crippen molar-refractivity contribution in [3.05, 3.63) is 71.0 Å². The topological polar surface area (TPSA) is 51.7 Å². The van der Waals surface area contributed by atoms with Crippen LogP contribution in [0, 0.1) is 0 Å². The zero-order valence-electron chi connectivity index (χ0n) is 14.2. The standard InChI is InChI=1S/C20H19ClN2O3/c21-19-18(7-4-8-22-19)15-9-16-12-25-13-17(10-15)23(16)20(24)26-11-14-5-2-1-3-6-14/h1-9,16-17H,10-13H2. The number of rotatable bonds is 3. The van der Waals surface area contributed by atoms with Crippen molar-refractivity contribution in [1.82, 2.24) is 9.88 Å². The second-order valence-corrected chi connectivity index (χ2v) is 6.80. The molecule has 134 valence electrons. The van der Waals surface area contributed by atoms with Crippen LogP contribution in [0.1, 0.15) is 17.5 Å². The molecule has 1 fully saturated rings. The first-order valence-corrected chi connectivity index (χ1v) is 8.98. The van der Waals surface area contributed by atoms with E-state index >= 15 is 0 Å². The number of carbonyl (C=O) groups excluding carboxylic acids is 1. The van der Waals surface area contributed by atoms with Gasteiger partial charge in [0.2, 0.25) is 0 Å². The number of hydrogen-bond donors (Lipinski definition) is 0. The van der Waals surface area contributed by atoms with E-state index in [9.17, 15) is 4.79 Å². The van der Waals surface area contributed by atoms with Gasteiger partial charge in [-0.1, -0.05) is 54.1 Å². The van der Waals surface area contributed by atoms with Crippen LogP contribution >= 0.6 is 11.6 Å². The number of benzene rings is 1. The Labute approximate surface area is 157 Å². The van der Waals surface area contributed by atoms with Crippen molar-refractivity contribution in [2.75, 3.05) is 13.2 Å². The lowest BCUT2D eigenvalue weighted by atomic mass is 9.91. The fraction of sp³-hybridized carbons (Fsp3) is 0.300. The largest absolute Gasteiger partial charge is 0.445 e. The van der Waals surface area contributed by atoms with E-state index in [1.165, 1.54) is 0 Å². The molecule has 5 nitrogen and oxygen atoms in total. The molecule has 2 aliphatic rings. The molecule has 0 radical (unpaired) electrons. The van der Waals surface area contributed by atoms with E-state index in [1.807, 2.05) is 48.5 Å². The summed E-state index contributed by atoms with van der Waals surface area (Å²) < 4.78 is 11.2. The molecule has 2 unspecified atom stereocenters. The molecule has 1 aromatic carbocycles. The number of amides is 1. The first-order chi connectivity index (χ1) is 12.7. The lowest BCUT2D eigenvalue weighted by Gasteiger charge is -2.43. The minimum Gasteiger partial charge on any atom is -0.445 e. The molecule has 3 heterocycles. The van der Waals surface area contributed by atoms with Gasteiger partial charge in [-0.25, -0.2) is 9.78 Å². The zero-order chi connectivity index (χ0) is 17.9. The van der Waals surface area contributed by atoms with Crippen LogP contribution in [0.5, 0.6) is 0 Å². The summed E-state index contributed by atoms with van der Waals surface area (Å²) in [5, 5.41) is 0.484. The highest BCUT2D eigenvalue weighted by Gasteiger charge is 2.39. The summed E-state index contributed by atoms with van der Waals surface area (Å²) in [6, 6.07) is 13.3. The van der Waals surface area contributed by atoms with E-state index in [4.69, 9.17) is 21.1 Å². The molecule has 6 heteroatoms. The van der Waals surface area contributed by atoms with E-state index in [-0.39, 0.29) is 24.8 Å². The van der Waals surface area contributed by atoms with Crippen molar-refractivity contribution < 1.29 is 14.3 Å². The van der Waals surface area contributed by atoms with Crippen LogP contribution in [0.2, 0.25) is 5.15 Å². The number of morpholine rings is 1. The second kappa shape index (κ2) is 7.48. The Hall–Kier alpha value is -2.37. The van der Waals surface area contributed by atoms with Crippen molar-refractivity contribution in [3.63, 3.8) is 0 Å². The van der Waals surface area contributed by atoms with Crippen molar-refractivity contribution >= 4 is 23.3 Å². The highest BCUT2D eigenvalue weighted by atomic mass is 35.5. The Morgan fingerprint density at radius 2 is 2.08 bits per heavy atom. The number of carbonyl (C=O) groups is 1. The van der Waals surface area contributed by atoms with Crippen LogP contribution in [0.4, 0.5) is 4.79 Å². The van der Waals surface area contributed by atoms with Gasteiger partial charge in [0.1, 0.15) is 11.8 Å². The summed E-state index contributed by atoms with van der Waals surface area (Å²) in [5.41, 5.74) is 2.99. The van der Waals surface area contributed by atoms with Gasteiger partial charge in [0.25, 0.3) is 0 Å². The summed E-state index contributed by atoms with van der Waals surface area (Å²) >= 11 is 6.24. The Balaban J connectivity index is 1.51. The molecular weight excluding hydrogens is 352 g/mol.